The van der Waals surface area contributed by atoms with E-state index in [0.29, 0.717) is 6.54 Å². The molecule has 0 aliphatic rings. The van der Waals surface area contributed by atoms with Gasteiger partial charge in [0.25, 0.3) is 0 Å². The number of nitrogens with zero attached hydrogens (tertiary/aromatic N) is 2. The van der Waals surface area contributed by atoms with E-state index in [1.165, 1.54) is 24.8 Å². The van der Waals surface area contributed by atoms with Crippen molar-refractivity contribution in [1.82, 2.24) is 9.78 Å². The van der Waals surface area contributed by atoms with Crippen LogP contribution >= 0.6 is 0 Å². The predicted octanol–water partition coefficient (Wildman–Crippen LogP) is 2.59. The van der Waals surface area contributed by atoms with Gasteiger partial charge < -0.3 is 0 Å². The smallest absolute Gasteiger partial charge is 0.109 e. The molecule has 1 aromatic heterocycles. The molecular weight excluding hydrogens is 167 g/mol. The molecule has 0 fully saturated rings. The average Bonchev–Trinajstić information content (AvgIpc) is 2.54. The van der Waals surface area contributed by atoms with Gasteiger partial charge in [-0.15, -0.1) is 0 Å². The zero-order valence-corrected chi connectivity index (χ0v) is 8.17. The summed E-state index contributed by atoms with van der Waals surface area (Å²) in [6, 6.07) is 0. The second kappa shape index (κ2) is 5.73. The highest BCUT2D eigenvalue weighted by molar-refractivity contribution is 5.03. The SMILES string of the molecule is CCCCCc1cnn(CCF)c1. The Morgan fingerprint density at radius 3 is 3.00 bits per heavy atom. The first-order valence-corrected chi connectivity index (χ1v) is 4.94. The predicted molar refractivity (Wildman–Crippen MR) is 51.4 cm³/mol. The molecular formula is C10H17FN2. The van der Waals surface area contributed by atoms with E-state index in [9.17, 15) is 4.39 Å². The maximum Gasteiger partial charge on any atom is 0.109 e. The Morgan fingerprint density at radius 2 is 2.31 bits per heavy atom. The third kappa shape index (κ3) is 3.57. The molecule has 1 aromatic rings. The molecule has 1 heterocycles. The van der Waals surface area contributed by atoms with Crippen LogP contribution in [0, 0.1) is 0 Å². The van der Waals surface area contributed by atoms with Crippen molar-refractivity contribution in [2.45, 2.75) is 39.2 Å². The lowest BCUT2D eigenvalue weighted by atomic mass is 10.1. The van der Waals surface area contributed by atoms with Crippen LogP contribution in [-0.4, -0.2) is 16.5 Å². The largest absolute Gasteiger partial charge is 0.270 e. The Balaban J connectivity index is 2.31. The van der Waals surface area contributed by atoms with E-state index in [-0.39, 0.29) is 6.67 Å². The molecule has 0 radical (unpaired) electrons. The topological polar surface area (TPSA) is 17.8 Å². The Kier molecular flexibility index (Phi) is 4.50. The summed E-state index contributed by atoms with van der Waals surface area (Å²) in [6.07, 6.45) is 8.55. The quantitative estimate of drug-likeness (QED) is 0.621. The van der Waals surface area contributed by atoms with Crippen LogP contribution in [0.5, 0.6) is 0 Å². The highest BCUT2D eigenvalue weighted by atomic mass is 19.1. The summed E-state index contributed by atoms with van der Waals surface area (Å²) in [6.45, 7) is 2.23. The first-order valence-electron chi connectivity index (χ1n) is 4.94. The van der Waals surface area contributed by atoms with E-state index in [4.69, 9.17) is 0 Å². The second-order valence-electron chi connectivity index (χ2n) is 3.26. The fourth-order valence-corrected chi connectivity index (χ4v) is 1.32. The van der Waals surface area contributed by atoms with Crippen molar-refractivity contribution in [1.29, 1.82) is 0 Å². The first-order chi connectivity index (χ1) is 6.36. The molecule has 0 aliphatic carbocycles. The van der Waals surface area contributed by atoms with Crippen LogP contribution in [0.25, 0.3) is 0 Å². The van der Waals surface area contributed by atoms with Crippen molar-refractivity contribution in [2.24, 2.45) is 0 Å². The third-order valence-corrected chi connectivity index (χ3v) is 2.07. The fraction of sp³-hybridized carbons (Fsp3) is 0.700. The minimum Gasteiger partial charge on any atom is -0.270 e. The number of aromatic nitrogens is 2. The normalized spacial score (nSPS) is 10.6. The number of rotatable bonds is 6. The minimum absolute atomic E-state index is 0.337. The van der Waals surface area contributed by atoms with Crippen molar-refractivity contribution in [3.05, 3.63) is 18.0 Å². The number of hydrogen-bond donors (Lipinski definition) is 0. The maximum atomic E-state index is 11.9. The van der Waals surface area contributed by atoms with Crippen molar-refractivity contribution in [3.63, 3.8) is 0 Å². The Labute approximate surface area is 78.8 Å². The second-order valence-corrected chi connectivity index (χ2v) is 3.26. The molecule has 0 N–H and O–H groups in total. The van der Waals surface area contributed by atoms with E-state index >= 15 is 0 Å². The number of unbranched alkanes of at least 4 members (excludes halogenated alkanes) is 2. The van der Waals surface area contributed by atoms with Gasteiger partial charge in [-0.2, -0.15) is 5.10 Å². The summed E-state index contributed by atoms with van der Waals surface area (Å²) < 4.78 is 13.6. The van der Waals surface area contributed by atoms with Gasteiger partial charge in [-0.05, 0) is 18.4 Å². The highest BCUT2D eigenvalue weighted by Gasteiger charge is 1.97. The number of halogens is 1. The lowest BCUT2D eigenvalue weighted by Crippen LogP contribution is -1.98. The molecule has 0 amide bonds. The third-order valence-electron chi connectivity index (χ3n) is 2.07. The molecule has 0 unspecified atom stereocenters. The number of hydrogen-bond acceptors (Lipinski definition) is 1. The first kappa shape index (κ1) is 10.2. The van der Waals surface area contributed by atoms with Gasteiger partial charge in [-0.3, -0.25) is 4.68 Å². The molecule has 3 heteroatoms. The Morgan fingerprint density at radius 1 is 1.46 bits per heavy atom. The molecule has 74 valence electrons. The van der Waals surface area contributed by atoms with Crippen LogP contribution in [-0.2, 0) is 13.0 Å². The Bertz CT molecular complexity index is 233. The summed E-state index contributed by atoms with van der Waals surface area (Å²) in [4.78, 5) is 0. The molecule has 0 aromatic carbocycles. The molecule has 0 bridgehead atoms. The van der Waals surface area contributed by atoms with Gasteiger partial charge in [0.15, 0.2) is 0 Å². The number of alkyl halides is 1. The fourth-order valence-electron chi connectivity index (χ4n) is 1.32. The molecule has 1 rings (SSSR count). The maximum absolute atomic E-state index is 11.9. The molecule has 2 nitrogen and oxygen atoms in total. The van der Waals surface area contributed by atoms with Crippen molar-refractivity contribution in [2.75, 3.05) is 6.67 Å². The lowest BCUT2D eigenvalue weighted by molar-refractivity contribution is 0.427. The number of aryl methyl sites for hydroxylation is 2. The molecule has 0 aliphatic heterocycles. The summed E-state index contributed by atoms with van der Waals surface area (Å²) in [5, 5.41) is 4.06. The molecule has 0 atom stereocenters. The molecule has 0 saturated heterocycles. The lowest BCUT2D eigenvalue weighted by Gasteiger charge is -1.95. The Hall–Kier alpha value is -0.860. The van der Waals surface area contributed by atoms with Crippen LogP contribution in [0.3, 0.4) is 0 Å². The van der Waals surface area contributed by atoms with Crippen molar-refractivity contribution >= 4 is 0 Å². The van der Waals surface area contributed by atoms with Crippen LogP contribution < -0.4 is 0 Å². The average molecular weight is 184 g/mol. The van der Waals surface area contributed by atoms with Crippen molar-refractivity contribution in [3.8, 4) is 0 Å². The summed E-state index contributed by atoms with van der Waals surface area (Å²) in [5.41, 5.74) is 1.22. The van der Waals surface area contributed by atoms with Crippen LogP contribution in [0.2, 0.25) is 0 Å². The molecule has 0 saturated carbocycles. The van der Waals surface area contributed by atoms with Crippen LogP contribution in [0.15, 0.2) is 12.4 Å². The van der Waals surface area contributed by atoms with Gasteiger partial charge in [-0.1, -0.05) is 19.8 Å². The van der Waals surface area contributed by atoms with Crippen LogP contribution in [0.4, 0.5) is 4.39 Å². The zero-order chi connectivity index (χ0) is 9.52. The van der Waals surface area contributed by atoms with Crippen LogP contribution in [0.1, 0.15) is 31.7 Å². The van der Waals surface area contributed by atoms with E-state index in [1.807, 2.05) is 12.4 Å². The van der Waals surface area contributed by atoms with E-state index in [0.717, 1.165) is 6.42 Å². The van der Waals surface area contributed by atoms with Gasteiger partial charge >= 0.3 is 0 Å². The molecule has 13 heavy (non-hydrogen) atoms. The summed E-state index contributed by atoms with van der Waals surface area (Å²) in [7, 11) is 0. The minimum atomic E-state index is -0.337. The van der Waals surface area contributed by atoms with Gasteiger partial charge in [0, 0.05) is 6.20 Å². The van der Waals surface area contributed by atoms with Crippen molar-refractivity contribution < 1.29 is 4.39 Å². The van der Waals surface area contributed by atoms with Gasteiger partial charge in [0.05, 0.1) is 12.7 Å². The highest BCUT2D eigenvalue weighted by Crippen LogP contribution is 2.05. The van der Waals surface area contributed by atoms with E-state index in [1.54, 1.807) is 4.68 Å². The molecule has 0 spiro atoms. The van der Waals surface area contributed by atoms with E-state index < -0.39 is 0 Å². The standard InChI is InChI=1S/C10H17FN2/c1-2-3-4-5-10-8-12-13(9-10)7-6-11/h8-9H,2-7H2,1H3. The van der Waals surface area contributed by atoms with Gasteiger partial charge in [0.1, 0.15) is 6.67 Å². The van der Waals surface area contributed by atoms with E-state index in [2.05, 4.69) is 12.0 Å². The van der Waals surface area contributed by atoms with Gasteiger partial charge in [0.2, 0.25) is 0 Å². The summed E-state index contributed by atoms with van der Waals surface area (Å²) in [5.74, 6) is 0. The summed E-state index contributed by atoms with van der Waals surface area (Å²) >= 11 is 0. The van der Waals surface area contributed by atoms with Gasteiger partial charge in [-0.25, -0.2) is 4.39 Å². The monoisotopic (exact) mass is 184 g/mol. The zero-order valence-electron chi connectivity index (χ0n) is 8.17.